The zero-order valence-electron chi connectivity index (χ0n) is 17.9. The number of nitrogens with one attached hydrogen (secondary N) is 1. The number of nitrogens with two attached hydrogens (primary N) is 1. The van der Waals surface area contributed by atoms with Crippen LogP contribution >= 0.6 is 12.4 Å². The van der Waals surface area contributed by atoms with Crippen molar-refractivity contribution in [3.63, 3.8) is 0 Å². The van der Waals surface area contributed by atoms with E-state index in [2.05, 4.69) is 70.7 Å². The Bertz CT molecular complexity index is 884. The number of fused-ring (bicyclic) bond motifs is 1. The Kier molecular flexibility index (Phi) is 8.80. The first-order valence-electron chi connectivity index (χ1n) is 11.4. The summed E-state index contributed by atoms with van der Waals surface area (Å²) < 4.78 is 2.60. The number of halogens is 1. The summed E-state index contributed by atoms with van der Waals surface area (Å²) in [5, 5.41) is 5.01. The van der Waals surface area contributed by atoms with Crippen molar-refractivity contribution >= 4 is 23.3 Å². The normalized spacial score (nSPS) is 15.8. The Morgan fingerprint density at radius 1 is 0.933 bits per heavy atom. The number of para-hydroxylation sites is 1. The lowest BCUT2D eigenvalue weighted by atomic mass is 9.88. The minimum absolute atomic E-state index is 0. The molecule has 1 fully saturated rings. The lowest BCUT2D eigenvalue weighted by Crippen LogP contribution is -2.21. The maximum absolute atomic E-state index is 5.65. The molecule has 1 aliphatic carbocycles. The molecule has 1 atom stereocenters. The lowest BCUT2D eigenvalue weighted by molar-refractivity contribution is 0.360. The van der Waals surface area contributed by atoms with Gasteiger partial charge in [-0.2, -0.15) is 0 Å². The Balaban J connectivity index is 0.00000256. The second-order valence-electron chi connectivity index (χ2n) is 8.44. The molecule has 1 unspecified atom stereocenters. The van der Waals surface area contributed by atoms with E-state index >= 15 is 0 Å². The highest BCUT2D eigenvalue weighted by Crippen LogP contribution is 2.38. The number of aromatic nitrogens is 1. The molecule has 3 aromatic rings. The summed E-state index contributed by atoms with van der Waals surface area (Å²) in [4.78, 5) is 0. The maximum atomic E-state index is 5.65. The van der Waals surface area contributed by atoms with Crippen LogP contribution in [0.1, 0.15) is 68.0 Å². The quantitative estimate of drug-likeness (QED) is 0.411. The van der Waals surface area contributed by atoms with Crippen LogP contribution in [0.15, 0.2) is 60.8 Å². The summed E-state index contributed by atoms with van der Waals surface area (Å²) in [7, 11) is 0. The fourth-order valence-corrected chi connectivity index (χ4v) is 4.96. The van der Waals surface area contributed by atoms with Crippen molar-refractivity contribution in [1.82, 2.24) is 9.88 Å². The van der Waals surface area contributed by atoms with Gasteiger partial charge in [0, 0.05) is 29.1 Å². The first-order chi connectivity index (χ1) is 14.4. The van der Waals surface area contributed by atoms with E-state index in [0.717, 1.165) is 32.5 Å². The number of nitrogens with zero attached hydrogens (tertiary/aromatic N) is 1. The molecule has 4 rings (SSSR count). The van der Waals surface area contributed by atoms with E-state index < -0.39 is 0 Å². The van der Waals surface area contributed by atoms with Gasteiger partial charge in [-0.15, -0.1) is 12.4 Å². The third-order valence-corrected chi connectivity index (χ3v) is 6.48. The molecule has 162 valence electrons. The number of benzene rings is 2. The highest BCUT2D eigenvalue weighted by Gasteiger charge is 2.23. The SMILES string of the molecule is Cl.NCCCNCCC(c1ccccc1)c1cn(C2CCCCC2)c2ccccc12. The third kappa shape index (κ3) is 5.26. The predicted octanol–water partition coefficient (Wildman–Crippen LogP) is 6.03. The van der Waals surface area contributed by atoms with Crippen LogP contribution in [-0.4, -0.2) is 24.2 Å². The molecule has 1 aliphatic rings. The van der Waals surface area contributed by atoms with Crippen LogP contribution in [-0.2, 0) is 0 Å². The van der Waals surface area contributed by atoms with Crippen molar-refractivity contribution in [2.75, 3.05) is 19.6 Å². The van der Waals surface area contributed by atoms with Crippen molar-refractivity contribution in [1.29, 1.82) is 0 Å². The molecule has 3 nitrogen and oxygen atoms in total. The van der Waals surface area contributed by atoms with Crippen LogP contribution in [0, 0.1) is 0 Å². The molecule has 1 aromatic heterocycles. The Hall–Kier alpha value is -1.81. The average molecular weight is 426 g/mol. The van der Waals surface area contributed by atoms with Gasteiger partial charge in [0.05, 0.1) is 0 Å². The van der Waals surface area contributed by atoms with Gasteiger partial charge >= 0.3 is 0 Å². The van der Waals surface area contributed by atoms with Crippen molar-refractivity contribution in [2.24, 2.45) is 5.73 Å². The Morgan fingerprint density at radius 3 is 2.43 bits per heavy atom. The van der Waals surface area contributed by atoms with Crippen LogP contribution in [0.4, 0.5) is 0 Å². The molecule has 2 aromatic carbocycles. The highest BCUT2D eigenvalue weighted by atomic mass is 35.5. The second-order valence-corrected chi connectivity index (χ2v) is 8.44. The molecule has 4 heteroatoms. The average Bonchev–Trinajstić information content (AvgIpc) is 3.17. The summed E-state index contributed by atoms with van der Waals surface area (Å²) >= 11 is 0. The van der Waals surface area contributed by atoms with Gasteiger partial charge in [0.25, 0.3) is 0 Å². The summed E-state index contributed by atoms with van der Waals surface area (Å²) in [6, 6.07) is 20.7. The monoisotopic (exact) mass is 425 g/mol. The zero-order valence-corrected chi connectivity index (χ0v) is 18.7. The van der Waals surface area contributed by atoms with Crippen molar-refractivity contribution < 1.29 is 0 Å². The van der Waals surface area contributed by atoms with Crippen LogP contribution in [0.3, 0.4) is 0 Å². The molecule has 0 spiro atoms. The van der Waals surface area contributed by atoms with Crippen molar-refractivity contribution in [3.8, 4) is 0 Å². The van der Waals surface area contributed by atoms with Crippen molar-refractivity contribution in [2.45, 2.75) is 56.9 Å². The maximum Gasteiger partial charge on any atom is 0.0485 e. The van der Waals surface area contributed by atoms with Crippen LogP contribution in [0.2, 0.25) is 0 Å². The van der Waals surface area contributed by atoms with E-state index in [4.69, 9.17) is 5.73 Å². The van der Waals surface area contributed by atoms with Crippen LogP contribution in [0.25, 0.3) is 10.9 Å². The molecule has 0 radical (unpaired) electrons. The van der Waals surface area contributed by atoms with E-state index in [1.807, 2.05) is 0 Å². The van der Waals surface area contributed by atoms with Crippen LogP contribution in [0.5, 0.6) is 0 Å². The van der Waals surface area contributed by atoms with E-state index in [1.54, 1.807) is 0 Å². The van der Waals surface area contributed by atoms with Gasteiger partial charge in [-0.05, 0) is 62.5 Å². The molecular formula is C26H36ClN3. The molecule has 0 aliphatic heterocycles. The van der Waals surface area contributed by atoms with E-state index in [0.29, 0.717) is 12.0 Å². The van der Waals surface area contributed by atoms with E-state index in [9.17, 15) is 0 Å². The van der Waals surface area contributed by atoms with E-state index in [1.165, 1.54) is 54.1 Å². The van der Waals surface area contributed by atoms with E-state index in [-0.39, 0.29) is 12.4 Å². The minimum atomic E-state index is 0. The summed E-state index contributed by atoms with van der Waals surface area (Å²) in [5.41, 5.74) is 9.96. The smallest absolute Gasteiger partial charge is 0.0485 e. The third-order valence-electron chi connectivity index (χ3n) is 6.48. The molecule has 0 saturated heterocycles. The number of rotatable bonds is 9. The van der Waals surface area contributed by atoms with Gasteiger partial charge in [-0.3, -0.25) is 0 Å². The lowest BCUT2D eigenvalue weighted by Gasteiger charge is -2.24. The predicted molar refractivity (Wildman–Crippen MR) is 131 cm³/mol. The fraction of sp³-hybridized carbons (Fsp3) is 0.462. The highest BCUT2D eigenvalue weighted by molar-refractivity contribution is 5.85. The number of hydrogen-bond acceptors (Lipinski definition) is 2. The largest absolute Gasteiger partial charge is 0.344 e. The van der Waals surface area contributed by atoms with Gasteiger partial charge in [0.15, 0.2) is 0 Å². The summed E-state index contributed by atoms with van der Waals surface area (Å²) in [6.45, 7) is 2.77. The zero-order chi connectivity index (χ0) is 19.9. The standard InChI is InChI=1S/C26H35N3.ClH/c27-17-9-18-28-19-16-23(21-10-3-1-4-11-21)25-20-29(22-12-5-2-6-13-22)26-15-8-7-14-24(25)26;/h1,3-4,7-8,10-11,14-15,20,22-23,28H,2,5-6,9,12-13,16-19,27H2;1H. The minimum Gasteiger partial charge on any atom is -0.344 e. The number of hydrogen-bond donors (Lipinski definition) is 2. The van der Waals surface area contributed by atoms with Gasteiger partial charge in [-0.1, -0.05) is 67.8 Å². The van der Waals surface area contributed by atoms with Gasteiger partial charge in [0.1, 0.15) is 0 Å². The molecule has 0 amide bonds. The first-order valence-corrected chi connectivity index (χ1v) is 11.4. The Labute approximate surface area is 187 Å². The van der Waals surface area contributed by atoms with Crippen LogP contribution < -0.4 is 11.1 Å². The summed E-state index contributed by atoms with van der Waals surface area (Å²) in [5.74, 6) is 0.413. The summed E-state index contributed by atoms with van der Waals surface area (Å²) in [6.07, 6.45) is 11.4. The van der Waals surface area contributed by atoms with Crippen molar-refractivity contribution in [3.05, 3.63) is 71.9 Å². The topological polar surface area (TPSA) is 43.0 Å². The fourth-order valence-electron chi connectivity index (χ4n) is 4.96. The van der Waals surface area contributed by atoms with Gasteiger partial charge in [0.2, 0.25) is 0 Å². The second kappa shape index (κ2) is 11.5. The first kappa shape index (κ1) is 22.9. The van der Waals surface area contributed by atoms with Gasteiger partial charge < -0.3 is 15.6 Å². The molecule has 0 bridgehead atoms. The molecule has 3 N–H and O–H groups in total. The molecule has 1 saturated carbocycles. The molecule has 1 heterocycles. The van der Waals surface area contributed by atoms with Gasteiger partial charge in [-0.25, -0.2) is 0 Å². The Morgan fingerprint density at radius 2 is 1.67 bits per heavy atom. The molecular weight excluding hydrogens is 390 g/mol. The molecule has 30 heavy (non-hydrogen) atoms.